The van der Waals surface area contributed by atoms with Gasteiger partial charge in [0, 0.05) is 19.5 Å². The lowest BCUT2D eigenvalue weighted by Crippen LogP contribution is -2.53. The molecule has 1 aliphatic heterocycles. The predicted molar refractivity (Wildman–Crippen MR) is 80.1 cm³/mol. The Labute approximate surface area is 138 Å². The van der Waals surface area contributed by atoms with Crippen LogP contribution in [0.4, 0.5) is 13.2 Å². The van der Waals surface area contributed by atoms with Crippen molar-refractivity contribution in [1.29, 1.82) is 0 Å². The summed E-state index contributed by atoms with van der Waals surface area (Å²) in [5.74, 6) is -0.527. The predicted octanol–water partition coefficient (Wildman–Crippen LogP) is 3.29. The molecule has 0 amide bonds. The van der Waals surface area contributed by atoms with Gasteiger partial charge in [-0.25, -0.2) is 0 Å². The lowest BCUT2D eigenvalue weighted by Gasteiger charge is -2.39. The van der Waals surface area contributed by atoms with E-state index in [0.29, 0.717) is 12.2 Å². The Morgan fingerprint density at radius 2 is 1.75 bits per heavy atom. The number of nitrogens with zero attached hydrogens (tertiary/aromatic N) is 1. The van der Waals surface area contributed by atoms with Gasteiger partial charge in [-0.1, -0.05) is 6.42 Å². The van der Waals surface area contributed by atoms with Gasteiger partial charge in [0.2, 0.25) is 0 Å². The second kappa shape index (κ2) is 8.23. The van der Waals surface area contributed by atoms with Gasteiger partial charge in [0.15, 0.2) is 0 Å². The van der Waals surface area contributed by atoms with E-state index in [1.54, 1.807) is 0 Å². The van der Waals surface area contributed by atoms with Crippen molar-refractivity contribution in [3.05, 3.63) is 24.3 Å². The highest BCUT2D eigenvalue weighted by molar-refractivity contribution is 5.66. The number of carboxylic acid groups (broad SMARTS) is 1. The first-order valence-corrected chi connectivity index (χ1v) is 7.78. The summed E-state index contributed by atoms with van der Waals surface area (Å²) in [5, 5.41) is 8.54. The molecular weight excluding hydrogens is 327 g/mol. The number of carbonyl (C=O) groups is 1. The molecule has 134 valence electrons. The molecule has 24 heavy (non-hydrogen) atoms. The quantitative estimate of drug-likeness (QED) is 0.695. The summed E-state index contributed by atoms with van der Waals surface area (Å²) in [6.45, 7) is 2.43. The summed E-state index contributed by atoms with van der Waals surface area (Å²) >= 11 is 0. The number of alkyl halides is 3. The molecule has 5 nitrogen and oxygen atoms in total. The van der Waals surface area contributed by atoms with E-state index < -0.39 is 12.3 Å². The average molecular weight is 347 g/mol. The van der Waals surface area contributed by atoms with Crippen molar-refractivity contribution >= 4 is 5.97 Å². The number of unbranched alkanes of at least 4 members (excludes halogenated alkanes) is 2. The molecule has 0 saturated carbocycles. The Balaban J connectivity index is 1.60. The first kappa shape index (κ1) is 18.4. The number of carboxylic acids is 1. The van der Waals surface area contributed by atoms with Crippen molar-refractivity contribution in [2.24, 2.45) is 0 Å². The third-order valence-electron chi connectivity index (χ3n) is 3.65. The van der Waals surface area contributed by atoms with Crippen LogP contribution < -0.4 is 9.47 Å². The summed E-state index contributed by atoms with van der Waals surface area (Å²) < 4.78 is 45.6. The molecule has 1 aromatic carbocycles. The highest BCUT2D eigenvalue weighted by Crippen LogP contribution is 2.26. The molecule has 1 saturated heterocycles. The first-order chi connectivity index (χ1) is 11.3. The number of likely N-dealkylation sites (tertiary alicyclic amines) is 1. The minimum absolute atomic E-state index is 0.0263. The zero-order valence-corrected chi connectivity index (χ0v) is 13.1. The first-order valence-electron chi connectivity index (χ1n) is 7.78. The number of halogens is 3. The van der Waals surface area contributed by atoms with Crippen LogP contribution in [0, 0.1) is 0 Å². The molecule has 0 atom stereocenters. The Hall–Kier alpha value is -1.96. The number of hydrogen-bond acceptors (Lipinski definition) is 4. The fourth-order valence-corrected chi connectivity index (χ4v) is 2.48. The number of rotatable bonds is 9. The number of ether oxygens (including phenoxy) is 2. The Kier molecular flexibility index (Phi) is 6.30. The van der Waals surface area contributed by atoms with Crippen LogP contribution in [0.15, 0.2) is 24.3 Å². The highest BCUT2D eigenvalue weighted by Gasteiger charge is 2.31. The van der Waals surface area contributed by atoms with E-state index >= 15 is 0 Å². The molecule has 0 unspecified atom stereocenters. The number of hydrogen-bond donors (Lipinski definition) is 1. The maximum atomic E-state index is 12.1. The van der Waals surface area contributed by atoms with Gasteiger partial charge >= 0.3 is 12.3 Å². The van der Waals surface area contributed by atoms with E-state index in [2.05, 4.69) is 9.64 Å². The summed E-state index contributed by atoms with van der Waals surface area (Å²) in [5.41, 5.74) is 0. The largest absolute Gasteiger partial charge is 0.573 e. The lowest BCUT2D eigenvalue weighted by atomic mass is 10.1. The van der Waals surface area contributed by atoms with E-state index in [0.717, 1.165) is 32.5 Å². The summed E-state index contributed by atoms with van der Waals surface area (Å²) in [7, 11) is 0. The topological polar surface area (TPSA) is 59.0 Å². The molecule has 0 radical (unpaired) electrons. The van der Waals surface area contributed by atoms with Crippen LogP contribution in [0.2, 0.25) is 0 Å². The highest BCUT2D eigenvalue weighted by atomic mass is 19.4. The number of benzene rings is 1. The van der Waals surface area contributed by atoms with Gasteiger partial charge in [-0.05, 0) is 43.7 Å². The van der Waals surface area contributed by atoms with E-state index in [1.165, 1.54) is 24.3 Å². The van der Waals surface area contributed by atoms with Crippen molar-refractivity contribution in [2.45, 2.75) is 38.1 Å². The second-order valence-corrected chi connectivity index (χ2v) is 5.72. The van der Waals surface area contributed by atoms with Crippen LogP contribution in [-0.2, 0) is 4.79 Å². The van der Waals surface area contributed by atoms with Gasteiger partial charge < -0.3 is 14.6 Å². The normalized spacial score (nSPS) is 15.8. The zero-order valence-electron chi connectivity index (χ0n) is 13.1. The molecule has 0 aliphatic carbocycles. The maximum absolute atomic E-state index is 12.1. The SMILES string of the molecule is O=C(O)CCCCCN1CC(Oc2ccc(OC(F)(F)F)cc2)C1. The standard InChI is InChI=1S/C16H20F3NO4/c17-16(18,19)24-13-7-5-12(6-8-13)23-14-10-20(11-14)9-3-1-2-4-15(21)22/h5-8,14H,1-4,9-11H2,(H,21,22). The van der Waals surface area contributed by atoms with E-state index in [9.17, 15) is 18.0 Å². The van der Waals surface area contributed by atoms with Crippen LogP contribution in [-0.4, -0.2) is 48.1 Å². The molecule has 1 fully saturated rings. The molecular formula is C16H20F3NO4. The molecule has 0 bridgehead atoms. The summed E-state index contributed by atoms with van der Waals surface area (Å²) in [4.78, 5) is 12.6. The summed E-state index contributed by atoms with van der Waals surface area (Å²) in [6.07, 6.45) is -1.94. The fourth-order valence-electron chi connectivity index (χ4n) is 2.48. The Morgan fingerprint density at radius 1 is 1.12 bits per heavy atom. The van der Waals surface area contributed by atoms with Gasteiger partial charge in [-0.15, -0.1) is 13.2 Å². The molecule has 1 N–H and O–H groups in total. The average Bonchev–Trinajstić information content (AvgIpc) is 2.43. The van der Waals surface area contributed by atoms with Crippen LogP contribution in [0.5, 0.6) is 11.5 Å². The van der Waals surface area contributed by atoms with Crippen molar-refractivity contribution < 1.29 is 32.5 Å². The molecule has 1 aliphatic rings. The second-order valence-electron chi connectivity index (χ2n) is 5.72. The van der Waals surface area contributed by atoms with Crippen molar-refractivity contribution in [1.82, 2.24) is 4.90 Å². The number of aliphatic carboxylic acids is 1. The van der Waals surface area contributed by atoms with Crippen molar-refractivity contribution in [2.75, 3.05) is 19.6 Å². The van der Waals surface area contributed by atoms with Crippen molar-refractivity contribution in [3.8, 4) is 11.5 Å². The fraction of sp³-hybridized carbons (Fsp3) is 0.562. The van der Waals surface area contributed by atoms with Gasteiger partial charge in [-0.3, -0.25) is 9.69 Å². The molecule has 0 aromatic heterocycles. The van der Waals surface area contributed by atoms with Crippen LogP contribution in [0.1, 0.15) is 25.7 Å². The van der Waals surface area contributed by atoms with Crippen LogP contribution in [0.25, 0.3) is 0 Å². The van der Waals surface area contributed by atoms with E-state index in [1.807, 2.05) is 0 Å². The maximum Gasteiger partial charge on any atom is 0.573 e. The lowest BCUT2D eigenvalue weighted by molar-refractivity contribution is -0.274. The summed E-state index contributed by atoms with van der Waals surface area (Å²) in [6, 6.07) is 5.36. The van der Waals surface area contributed by atoms with Crippen LogP contribution >= 0.6 is 0 Å². The molecule has 0 spiro atoms. The monoisotopic (exact) mass is 347 g/mol. The van der Waals surface area contributed by atoms with Gasteiger partial charge in [0.25, 0.3) is 0 Å². The van der Waals surface area contributed by atoms with Gasteiger partial charge in [-0.2, -0.15) is 0 Å². The van der Waals surface area contributed by atoms with Gasteiger partial charge in [0.1, 0.15) is 17.6 Å². The van der Waals surface area contributed by atoms with Crippen LogP contribution in [0.3, 0.4) is 0 Å². The minimum Gasteiger partial charge on any atom is -0.488 e. The Bertz CT molecular complexity index is 527. The molecule has 2 rings (SSSR count). The minimum atomic E-state index is -4.69. The van der Waals surface area contributed by atoms with Gasteiger partial charge in [0.05, 0.1) is 0 Å². The zero-order chi connectivity index (χ0) is 17.6. The third-order valence-corrected chi connectivity index (χ3v) is 3.65. The smallest absolute Gasteiger partial charge is 0.488 e. The van der Waals surface area contributed by atoms with E-state index in [-0.39, 0.29) is 18.3 Å². The molecule has 8 heteroatoms. The third kappa shape index (κ3) is 6.66. The molecule has 1 heterocycles. The molecule has 1 aromatic rings. The Morgan fingerprint density at radius 3 is 2.33 bits per heavy atom. The van der Waals surface area contributed by atoms with E-state index in [4.69, 9.17) is 9.84 Å². The van der Waals surface area contributed by atoms with Crippen molar-refractivity contribution in [3.63, 3.8) is 0 Å².